The van der Waals surface area contributed by atoms with E-state index in [0.717, 1.165) is 9.24 Å². The summed E-state index contributed by atoms with van der Waals surface area (Å²) in [5, 5.41) is 1.89. The average molecular weight is 226 g/mol. The molecule has 0 aliphatic carbocycles. The lowest BCUT2D eigenvalue weighted by Crippen LogP contribution is -1.89. The number of halogens is 1. The van der Waals surface area contributed by atoms with E-state index >= 15 is 0 Å². The number of hydrogen-bond donors (Lipinski definition) is 1. The molecule has 1 aromatic heterocycles. The van der Waals surface area contributed by atoms with Crippen LogP contribution in [0.25, 0.3) is 0 Å². The fourth-order valence-corrected chi connectivity index (χ4v) is 2.57. The van der Waals surface area contributed by atoms with E-state index in [1.165, 1.54) is 35.2 Å². The maximum absolute atomic E-state index is 12.7. The number of aromatic nitrogens is 1. The molecule has 2 aromatic rings. The topological polar surface area (TPSA) is 38.9 Å². The van der Waals surface area contributed by atoms with Crippen LogP contribution in [0.4, 0.5) is 10.1 Å². The van der Waals surface area contributed by atoms with Crippen LogP contribution in [-0.2, 0) is 0 Å². The van der Waals surface area contributed by atoms with E-state index in [1.807, 2.05) is 5.38 Å². The first-order valence-electron chi connectivity index (χ1n) is 3.88. The van der Waals surface area contributed by atoms with E-state index in [-0.39, 0.29) is 5.82 Å². The molecular weight excluding hydrogens is 219 g/mol. The number of thiazole rings is 1. The van der Waals surface area contributed by atoms with Crippen LogP contribution in [0.1, 0.15) is 0 Å². The normalized spacial score (nSPS) is 10.4. The molecule has 72 valence electrons. The van der Waals surface area contributed by atoms with Crippen molar-refractivity contribution in [3.63, 3.8) is 0 Å². The number of nitrogens with zero attached hydrogens (tertiary/aromatic N) is 1. The summed E-state index contributed by atoms with van der Waals surface area (Å²) in [5.74, 6) is -0.314. The van der Waals surface area contributed by atoms with Crippen LogP contribution in [0.2, 0.25) is 0 Å². The molecule has 5 heteroatoms. The highest BCUT2D eigenvalue weighted by molar-refractivity contribution is 8.01. The average Bonchev–Trinajstić information content (AvgIpc) is 2.62. The molecule has 0 aliphatic heterocycles. The van der Waals surface area contributed by atoms with Crippen molar-refractivity contribution in [2.24, 2.45) is 0 Å². The van der Waals surface area contributed by atoms with Gasteiger partial charge in [-0.1, -0.05) is 11.8 Å². The predicted octanol–water partition coefficient (Wildman–Crippen LogP) is 3.02. The smallest absolute Gasteiger partial charge is 0.154 e. The van der Waals surface area contributed by atoms with Gasteiger partial charge in [0.15, 0.2) is 4.34 Å². The first-order valence-corrected chi connectivity index (χ1v) is 5.58. The summed E-state index contributed by atoms with van der Waals surface area (Å²) in [6.07, 6.45) is 1.73. The van der Waals surface area contributed by atoms with Crippen molar-refractivity contribution in [3.8, 4) is 0 Å². The van der Waals surface area contributed by atoms with Crippen LogP contribution in [-0.4, -0.2) is 4.98 Å². The number of anilines is 1. The molecule has 0 atom stereocenters. The zero-order valence-electron chi connectivity index (χ0n) is 7.11. The second kappa shape index (κ2) is 3.98. The summed E-state index contributed by atoms with van der Waals surface area (Å²) < 4.78 is 13.6. The molecule has 0 saturated heterocycles. The number of nitrogens with two attached hydrogens (primary N) is 1. The van der Waals surface area contributed by atoms with Crippen LogP contribution in [0.15, 0.2) is 39.0 Å². The minimum atomic E-state index is -0.314. The lowest BCUT2D eigenvalue weighted by molar-refractivity contribution is 0.627. The molecule has 0 unspecified atom stereocenters. The maximum Gasteiger partial charge on any atom is 0.154 e. The van der Waals surface area contributed by atoms with E-state index in [9.17, 15) is 4.39 Å². The number of nitrogen functional groups attached to an aromatic ring is 1. The Morgan fingerprint density at radius 3 is 2.93 bits per heavy atom. The van der Waals surface area contributed by atoms with Crippen molar-refractivity contribution in [2.75, 3.05) is 5.73 Å². The third kappa shape index (κ3) is 2.05. The number of benzene rings is 1. The summed E-state index contributed by atoms with van der Waals surface area (Å²) >= 11 is 2.98. The summed E-state index contributed by atoms with van der Waals surface area (Å²) in [5.41, 5.74) is 6.10. The van der Waals surface area contributed by atoms with Gasteiger partial charge in [0, 0.05) is 22.2 Å². The van der Waals surface area contributed by atoms with Crippen molar-refractivity contribution in [1.82, 2.24) is 4.98 Å². The van der Waals surface area contributed by atoms with Crippen molar-refractivity contribution in [1.29, 1.82) is 0 Å². The van der Waals surface area contributed by atoms with E-state index in [1.54, 1.807) is 12.3 Å². The van der Waals surface area contributed by atoms with E-state index in [0.29, 0.717) is 5.69 Å². The van der Waals surface area contributed by atoms with Gasteiger partial charge in [0.05, 0.1) is 0 Å². The first-order chi connectivity index (χ1) is 6.75. The van der Waals surface area contributed by atoms with E-state index in [2.05, 4.69) is 4.98 Å². The molecule has 1 aromatic carbocycles. The van der Waals surface area contributed by atoms with Gasteiger partial charge in [-0.05, 0) is 18.2 Å². The second-order valence-electron chi connectivity index (χ2n) is 2.58. The Balaban J connectivity index is 2.25. The van der Waals surface area contributed by atoms with Gasteiger partial charge in [0.2, 0.25) is 0 Å². The zero-order valence-corrected chi connectivity index (χ0v) is 8.74. The molecule has 0 amide bonds. The number of hydrogen-bond acceptors (Lipinski definition) is 4. The van der Waals surface area contributed by atoms with E-state index in [4.69, 9.17) is 5.73 Å². The Morgan fingerprint density at radius 1 is 1.43 bits per heavy atom. The molecule has 0 radical (unpaired) electrons. The Labute approximate surface area is 89.0 Å². The monoisotopic (exact) mass is 226 g/mol. The molecule has 0 fully saturated rings. The summed E-state index contributed by atoms with van der Waals surface area (Å²) in [4.78, 5) is 4.94. The largest absolute Gasteiger partial charge is 0.398 e. The SMILES string of the molecule is Nc1cc(F)ccc1Sc1nccs1. The lowest BCUT2D eigenvalue weighted by Gasteiger charge is -2.01. The maximum atomic E-state index is 12.7. The van der Waals surface area contributed by atoms with Crippen molar-refractivity contribution < 1.29 is 4.39 Å². The predicted molar refractivity (Wildman–Crippen MR) is 57.0 cm³/mol. The molecule has 0 aliphatic rings. The van der Waals surface area contributed by atoms with Crippen LogP contribution in [0.5, 0.6) is 0 Å². The lowest BCUT2D eigenvalue weighted by atomic mass is 10.3. The summed E-state index contributed by atoms with van der Waals surface area (Å²) in [6.45, 7) is 0. The second-order valence-corrected chi connectivity index (χ2v) is 4.77. The first kappa shape index (κ1) is 9.48. The van der Waals surface area contributed by atoms with Crippen LogP contribution in [0, 0.1) is 5.82 Å². The zero-order chi connectivity index (χ0) is 9.97. The minimum Gasteiger partial charge on any atom is -0.398 e. The van der Waals surface area contributed by atoms with Crippen LogP contribution in [0.3, 0.4) is 0 Å². The Bertz CT molecular complexity index is 428. The molecule has 1 heterocycles. The van der Waals surface area contributed by atoms with Gasteiger partial charge in [-0.3, -0.25) is 0 Å². The molecule has 2 N–H and O–H groups in total. The van der Waals surface area contributed by atoms with Crippen LogP contribution < -0.4 is 5.73 Å². The molecular formula is C9H7FN2S2. The Kier molecular flexibility index (Phi) is 2.69. The van der Waals surface area contributed by atoms with Gasteiger partial charge in [-0.25, -0.2) is 9.37 Å². The van der Waals surface area contributed by atoms with Crippen molar-refractivity contribution in [3.05, 3.63) is 35.6 Å². The fourth-order valence-electron chi connectivity index (χ4n) is 0.967. The van der Waals surface area contributed by atoms with Gasteiger partial charge in [0.1, 0.15) is 5.82 Å². The van der Waals surface area contributed by atoms with Gasteiger partial charge in [-0.15, -0.1) is 11.3 Å². The minimum absolute atomic E-state index is 0.314. The molecule has 0 bridgehead atoms. The Morgan fingerprint density at radius 2 is 2.29 bits per heavy atom. The fraction of sp³-hybridized carbons (Fsp3) is 0. The summed E-state index contributed by atoms with van der Waals surface area (Å²) in [6, 6.07) is 4.37. The third-order valence-electron chi connectivity index (χ3n) is 1.58. The molecule has 2 nitrogen and oxygen atoms in total. The van der Waals surface area contributed by atoms with Gasteiger partial charge >= 0.3 is 0 Å². The summed E-state index contributed by atoms with van der Waals surface area (Å²) in [7, 11) is 0. The van der Waals surface area contributed by atoms with Crippen molar-refractivity contribution in [2.45, 2.75) is 9.24 Å². The van der Waals surface area contributed by atoms with Crippen molar-refractivity contribution >= 4 is 28.8 Å². The highest BCUT2D eigenvalue weighted by atomic mass is 32.2. The molecule has 0 spiro atoms. The standard InChI is InChI=1S/C9H7FN2S2/c10-6-1-2-8(7(11)5-6)14-9-12-3-4-13-9/h1-5H,11H2. The Hall–Kier alpha value is -1.07. The highest BCUT2D eigenvalue weighted by Gasteiger charge is 2.04. The third-order valence-corrected chi connectivity index (χ3v) is 3.55. The molecule has 14 heavy (non-hydrogen) atoms. The van der Waals surface area contributed by atoms with E-state index < -0.39 is 0 Å². The van der Waals surface area contributed by atoms with Gasteiger partial charge in [0.25, 0.3) is 0 Å². The van der Waals surface area contributed by atoms with Crippen LogP contribution >= 0.6 is 23.1 Å². The quantitative estimate of drug-likeness (QED) is 0.800. The molecule has 2 rings (SSSR count). The number of rotatable bonds is 2. The molecule has 0 saturated carbocycles. The highest BCUT2D eigenvalue weighted by Crippen LogP contribution is 2.33. The van der Waals surface area contributed by atoms with Gasteiger partial charge < -0.3 is 5.73 Å². The van der Waals surface area contributed by atoms with Gasteiger partial charge in [-0.2, -0.15) is 0 Å².